The SMILES string of the molecule is C1CCC1.Cn1c(=O)[nH]c2ncn(C)c2c1=O. The van der Waals surface area contributed by atoms with Gasteiger partial charge in [0.2, 0.25) is 0 Å². The Morgan fingerprint density at radius 3 is 2.29 bits per heavy atom. The molecule has 3 rings (SSSR count). The fraction of sp³-hybridized carbons (Fsp3) is 0.545. The Hall–Kier alpha value is -1.85. The molecule has 6 heteroatoms. The summed E-state index contributed by atoms with van der Waals surface area (Å²) in [5, 5.41) is 0. The molecule has 2 heterocycles. The number of H-pyrrole nitrogens is 1. The van der Waals surface area contributed by atoms with Crippen molar-refractivity contribution >= 4 is 11.2 Å². The van der Waals surface area contributed by atoms with Crippen LogP contribution < -0.4 is 11.2 Å². The Kier molecular flexibility index (Phi) is 3.12. The van der Waals surface area contributed by atoms with Crippen molar-refractivity contribution in [1.82, 2.24) is 19.1 Å². The number of hydrogen-bond acceptors (Lipinski definition) is 3. The summed E-state index contributed by atoms with van der Waals surface area (Å²) in [6, 6.07) is 0. The molecule has 92 valence electrons. The van der Waals surface area contributed by atoms with Gasteiger partial charge in [0.05, 0.1) is 6.33 Å². The van der Waals surface area contributed by atoms with Crippen LogP contribution in [0.5, 0.6) is 0 Å². The predicted octanol–water partition coefficient (Wildman–Crippen LogP) is 0.521. The van der Waals surface area contributed by atoms with E-state index in [0.717, 1.165) is 4.57 Å². The van der Waals surface area contributed by atoms with Crippen molar-refractivity contribution in [2.24, 2.45) is 14.1 Å². The molecule has 1 aliphatic carbocycles. The van der Waals surface area contributed by atoms with E-state index in [1.807, 2.05) is 0 Å². The van der Waals surface area contributed by atoms with Gasteiger partial charge in [-0.05, 0) is 0 Å². The standard InChI is InChI=1S/C7H8N4O2.C4H8/c1-10-3-8-5-4(10)6(12)11(2)7(13)9-5;1-2-4-3-1/h3H,1-2H3,(H,9,13);1-4H2. The van der Waals surface area contributed by atoms with Crippen LogP contribution >= 0.6 is 0 Å². The topological polar surface area (TPSA) is 72.7 Å². The maximum absolute atomic E-state index is 11.5. The largest absolute Gasteiger partial charge is 0.329 e. The summed E-state index contributed by atoms with van der Waals surface area (Å²) < 4.78 is 2.59. The van der Waals surface area contributed by atoms with Crippen molar-refractivity contribution in [3.63, 3.8) is 0 Å². The number of aryl methyl sites for hydroxylation is 1. The average Bonchev–Trinajstić information content (AvgIpc) is 2.54. The van der Waals surface area contributed by atoms with Gasteiger partial charge in [0.15, 0.2) is 11.2 Å². The molecule has 0 aromatic carbocycles. The summed E-state index contributed by atoms with van der Waals surface area (Å²) in [6.07, 6.45) is 7.49. The predicted molar refractivity (Wildman–Crippen MR) is 65.0 cm³/mol. The Bertz CT molecular complexity index is 627. The van der Waals surface area contributed by atoms with Gasteiger partial charge in [0.1, 0.15) is 0 Å². The molecule has 0 bridgehead atoms. The van der Waals surface area contributed by atoms with Crippen molar-refractivity contribution < 1.29 is 0 Å². The first-order chi connectivity index (χ1) is 8.11. The van der Waals surface area contributed by atoms with Gasteiger partial charge in [0, 0.05) is 14.1 Å². The van der Waals surface area contributed by atoms with E-state index in [1.165, 1.54) is 39.1 Å². The van der Waals surface area contributed by atoms with Gasteiger partial charge in [-0.15, -0.1) is 0 Å². The molecule has 0 aliphatic heterocycles. The normalized spacial score (nSPS) is 14.0. The molecule has 1 aliphatic rings. The molecular weight excluding hydrogens is 220 g/mol. The summed E-state index contributed by atoms with van der Waals surface area (Å²) in [5.74, 6) is 0. The van der Waals surface area contributed by atoms with E-state index in [0.29, 0.717) is 11.2 Å². The highest BCUT2D eigenvalue weighted by Crippen LogP contribution is 2.15. The average molecular weight is 236 g/mol. The molecule has 1 fully saturated rings. The van der Waals surface area contributed by atoms with E-state index in [-0.39, 0.29) is 5.56 Å². The minimum atomic E-state index is -0.448. The van der Waals surface area contributed by atoms with Gasteiger partial charge in [-0.3, -0.25) is 14.3 Å². The highest BCUT2D eigenvalue weighted by atomic mass is 16.2. The van der Waals surface area contributed by atoms with Crippen LogP contribution in [0.15, 0.2) is 15.9 Å². The van der Waals surface area contributed by atoms with Gasteiger partial charge < -0.3 is 4.57 Å². The van der Waals surface area contributed by atoms with Crippen LogP contribution in [0.25, 0.3) is 11.2 Å². The summed E-state index contributed by atoms with van der Waals surface area (Å²) in [6.45, 7) is 0. The zero-order chi connectivity index (χ0) is 12.4. The molecule has 1 N–H and O–H groups in total. The molecule has 2 aromatic heterocycles. The minimum Gasteiger partial charge on any atom is -0.328 e. The monoisotopic (exact) mass is 236 g/mol. The maximum atomic E-state index is 11.5. The number of rotatable bonds is 0. The van der Waals surface area contributed by atoms with Crippen LogP contribution in [0.3, 0.4) is 0 Å². The lowest BCUT2D eigenvalue weighted by atomic mass is 10.0. The number of hydrogen-bond donors (Lipinski definition) is 1. The van der Waals surface area contributed by atoms with E-state index >= 15 is 0 Å². The fourth-order valence-electron chi connectivity index (χ4n) is 1.46. The summed E-state index contributed by atoms with van der Waals surface area (Å²) in [5.41, 5.74) is -0.0485. The fourth-order valence-corrected chi connectivity index (χ4v) is 1.46. The van der Waals surface area contributed by atoms with Crippen LogP contribution in [0.4, 0.5) is 0 Å². The maximum Gasteiger partial charge on any atom is 0.329 e. The van der Waals surface area contributed by atoms with Gasteiger partial charge >= 0.3 is 5.69 Å². The molecule has 0 spiro atoms. The second-order valence-electron chi connectivity index (χ2n) is 4.26. The van der Waals surface area contributed by atoms with Gasteiger partial charge in [-0.2, -0.15) is 0 Å². The second-order valence-corrected chi connectivity index (χ2v) is 4.26. The highest BCUT2D eigenvalue weighted by molar-refractivity contribution is 5.68. The first-order valence-electron chi connectivity index (χ1n) is 5.71. The third kappa shape index (κ3) is 2.15. The highest BCUT2D eigenvalue weighted by Gasteiger charge is 2.07. The summed E-state index contributed by atoms with van der Waals surface area (Å²) in [7, 11) is 3.13. The van der Waals surface area contributed by atoms with E-state index < -0.39 is 5.69 Å². The zero-order valence-electron chi connectivity index (χ0n) is 10.1. The van der Waals surface area contributed by atoms with Gasteiger partial charge in [-0.1, -0.05) is 25.7 Å². The Morgan fingerprint density at radius 1 is 1.18 bits per heavy atom. The number of nitrogens with one attached hydrogen (secondary N) is 1. The molecule has 2 aromatic rings. The van der Waals surface area contributed by atoms with Crippen LogP contribution in [0.1, 0.15) is 25.7 Å². The number of aromatic nitrogens is 4. The third-order valence-corrected chi connectivity index (χ3v) is 2.97. The number of imidazole rings is 1. The van der Waals surface area contributed by atoms with E-state index in [2.05, 4.69) is 9.97 Å². The molecular formula is C11H16N4O2. The first kappa shape index (κ1) is 11.6. The lowest BCUT2D eigenvalue weighted by Crippen LogP contribution is -2.33. The van der Waals surface area contributed by atoms with E-state index in [4.69, 9.17) is 0 Å². The second kappa shape index (κ2) is 4.57. The number of fused-ring (bicyclic) bond motifs is 1. The molecule has 0 saturated heterocycles. The van der Waals surface area contributed by atoms with Crippen LogP contribution in [0, 0.1) is 0 Å². The van der Waals surface area contributed by atoms with Crippen LogP contribution in [-0.4, -0.2) is 19.1 Å². The Labute approximate surface area is 97.9 Å². The Morgan fingerprint density at radius 2 is 1.76 bits per heavy atom. The molecule has 1 saturated carbocycles. The number of aromatic amines is 1. The van der Waals surface area contributed by atoms with E-state index in [9.17, 15) is 9.59 Å². The van der Waals surface area contributed by atoms with Crippen molar-refractivity contribution in [1.29, 1.82) is 0 Å². The van der Waals surface area contributed by atoms with Gasteiger partial charge in [0.25, 0.3) is 5.56 Å². The van der Waals surface area contributed by atoms with Crippen molar-refractivity contribution in [3.05, 3.63) is 27.2 Å². The minimum absolute atomic E-state index is 0.329. The lowest BCUT2D eigenvalue weighted by Gasteiger charge is -2.05. The number of nitrogens with zero attached hydrogens (tertiary/aromatic N) is 3. The quantitative estimate of drug-likeness (QED) is 0.724. The molecule has 0 atom stereocenters. The summed E-state index contributed by atoms with van der Waals surface area (Å²) >= 11 is 0. The molecule has 6 nitrogen and oxygen atoms in total. The smallest absolute Gasteiger partial charge is 0.328 e. The van der Waals surface area contributed by atoms with Gasteiger partial charge in [-0.25, -0.2) is 9.78 Å². The molecule has 0 amide bonds. The zero-order valence-corrected chi connectivity index (χ0v) is 10.1. The Balaban J connectivity index is 0.000000228. The molecule has 0 unspecified atom stereocenters. The van der Waals surface area contributed by atoms with E-state index in [1.54, 1.807) is 11.6 Å². The first-order valence-corrected chi connectivity index (χ1v) is 5.71. The summed E-state index contributed by atoms with van der Waals surface area (Å²) in [4.78, 5) is 29.0. The molecule has 17 heavy (non-hydrogen) atoms. The molecule has 0 radical (unpaired) electrons. The van der Waals surface area contributed by atoms with Crippen molar-refractivity contribution in [2.45, 2.75) is 25.7 Å². The van der Waals surface area contributed by atoms with Crippen LogP contribution in [0.2, 0.25) is 0 Å². The van der Waals surface area contributed by atoms with Crippen molar-refractivity contribution in [3.8, 4) is 0 Å². The van der Waals surface area contributed by atoms with Crippen molar-refractivity contribution in [2.75, 3.05) is 0 Å². The van der Waals surface area contributed by atoms with Crippen LogP contribution in [-0.2, 0) is 14.1 Å². The lowest BCUT2D eigenvalue weighted by molar-refractivity contribution is 0.504. The third-order valence-electron chi connectivity index (χ3n) is 2.97.